The molecule has 1 heterocycles. The minimum atomic E-state index is -5.08. The Hall–Kier alpha value is -4.75. The maximum absolute atomic E-state index is 14.2. The highest BCUT2D eigenvalue weighted by atomic mass is 19.4. The molecule has 9 nitrogen and oxygen atoms in total. The maximum atomic E-state index is 14.2. The fourth-order valence-corrected chi connectivity index (χ4v) is 2.40. The lowest BCUT2D eigenvalue weighted by atomic mass is 10.1. The van der Waals surface area contributed by atoms with E-state index in [0.717, 1.165) is 6.07 Å². The van der Waals surface area contributed by atoms with Crippen LogP contribution in [0.2, 0.25) is 0 Å². The molecule has 2 aromatic carbocycles. The van der Waals surface area contributed by atoms with Gasteiger partial charge in [-0.1, -0.05) is 12.1 Å². The summed E-state index contributed by atoms with van der Waals surface area (Å²) in [6, 6.07) is 11.2. The summed E-state index contributed by atoms with van der Waals surface area (Å²) in [4.78, 5) is 36.5. The Bertz CT molecular complexity index is 1240. The molecule has 0 unspecified atom stereocenters. The number of ether oxygens (including phenoxy) is 1. The van der Waals surface area contributed by atoms with E-state index >= 15 is 0 Å². The molecule has 0 radical (unpaired) electrons. The molecule has 0 aliphatic carbocycles. The first-order valence-corrected chi connectivity index (χ1v) is 9.68. The molecule has 0 fully saturated rings. The lowest BCUT2D eigenvalue weighted by molar-refractivity contribution is -0.192. The van der Waals surface area contributed by atoms with E-state index in [1.807, 2.05) is 0 Å². The summed E-state index contributed by atoms with van der Waals surface area (Å²) in [5.41, 5.74) is 5.94. The van der Waals surface area contributed by atoms with E-state index in [9.17, 15) is 31.5 Å². The molecule has 3 aromatic rings. The molecule has 14 heteroatoms. The Balaban J connectivity index is 0.000000572. The van der Waals surface area contributed by atoms with Crippen LogP contribution in [0.3, 0.4) is 0 Å². The van der Waals surface area contributed by atoms with Gasteiger partial charge in [-0.2, -0.15) is 13.2 Å². The molecule has 0 aliphatic rings. The predicted molar refractivity (Wildman–Crippen MR) is 116 cm³/mol. The van der Waals surface area contributed by atoms with Gasteiger partial charge in [0.15, 0.2) is 0 Å². The number of pyridine rings is 1. The van der Waals surface area contributed by atoms with Crippen LogP contribution in [0.1, 0.15) is 5.56 Å². The van der Waals surface area contributed by atoms with Gasteiger partial charge in [-0.3, -0.25) is 10.1 Å². The van der Waals surface area contributed by atoms with Crippen molar-refractivity contribution in [3.05, 3.63) is 78.0 Å². The van der Waals surface area contributed by atoms with Crippen LogP contribution in [0.4, 0.5) is 38.3 Å². The van der Waals surface area contributed by atoms with Crippen LogP contribution in [0.15, 0.2) is 60.8 Å². The summed E-state index contributed by atoms with van der Waals surface area (Å²) >= 11 is 0. The van der Waals surface area contributed by atoms with E-state index in [1.165, 1.54) is 48.7 Å². The first-order chi connectivity index (χ1) is 16.8. The van der Waals surface area contributed by atoms with E-state index in [-0.39, 0.29) is 23.7 Å². The van der Waals surface area contributed by atoms with Gasteiger partial charge in [0.05, 0.1) is 12.1 Å². The summed E-state index contributed by atoms with van der Waals surface area (Å²) in [7, 11) is 0. The second-order valence-electron chi connectivity index (χ2n) is 6.77. The molecule has 3 amide bonds. The minimum Gasteiger partial charge on any atom is -0.475 e. The molecule has 0 aliphatic heterocycles. The molecule has 0 saturated heterocycles. The van der Waals surface area contributed by atoms with Crippen molar-refractivity contribution < 1.29 is 46.2 Å². The highest BCUT2D eigenvalue weighted by Crippen LogP contribution is 2.26. The molecule has 190 valence electrons. The van der Waals surface area contributed by atoms with Crippen LogP contribution in [-0.4, -0.2) is 34.2 Å². The number of carboxylic acid groups (broad SMARTS) is 1. The van der Waals surface area contributed by atoms with Gasteiger partial charge in [-0.05, 0) is 35.9 Å². The summed E-state index contributed by atoms with van der Waals surface area (Å²) in [5, 5.41) is 11.4. The number of aromatic nitrogens is 1. The van der Waals surface area contributed by atoms with Gasteiger partial charge in [-0.15, -0.1) is 0 Å². The van der Waals surface area contributed by atoms with Gasteiger partial charge in [0, 0.05) is 18.3 Å². The Morgan fingerprint density at radius 3 is 2.14 bits per heavy atom. The number of rotatable bonds is 5. The van der Waals surface area contributed by atoms with Crippen molar-refractivity contribution in [3.8, 4) is 11.5 Å². The van der Waals surface area contributed by atoms with Crippen molar-refractivity contribution in [3.63, 3.8) is 0 Å². The van der Waals surface area contributed by atoms with Gasteiger partial charge in [-0.25, -0.2) is 23.4 Å². The SMILES string of the molecule is Nc1cc(Oc2ccc(NC(=O)NC(=O)Cc3ccc(F)cc3)c(F)c2)ccn1.O=C(O)C(F)(F)F. The van der Waals surface area contributed by atoms with Crippen molar-refractivity contribution in [1.82, 2.24) is 10.3 Å². The number of benzene rings is 2. The number of carbonyl (C=O) groups excluding carboxylic acids is 2. The molecular weight excluding hydrogens is 495 g/mol. The van der Waals surface area contributed by atoms with Crippen molar-refractivity contribution >= 4 is 29.4 Å². The van der Waals surface area contributed by atoms with Crippen LogP contribution in [0, 0.1) is 11.6 Å². The molecule has 0 spiro atoms. The highest BCUT2D eigenvalue weighted by Gasteiger charge is 2.38. The normalized spacial score (nSPS) is 10.5. The van der Waals surface area contributed by atoms with Crippen LogP contribution in [0.5, 0.6) is 11.5 Å². The second-order valence-corrected chi connectivity index (χ2v) is 6.77. The number of nitrogens with one attached hydrogen (secondary N) is 2. The number of alkyl halides is 3. The number of anilines is 2. The number of hydrogen-bond donors (Lipinski definition) is 4. The summed E-state index contributed by atoms with van der Waals surface area (Å²) in [6.45, 7) is 0. The average Bonchev–Trinajstić information content (AvgIpc) is 2.77. The van der Waals surface area contributed by atoms with Crippen LogP contribution in [0.25, 0.3) is 0 Å². The van der Waals surface area contributed by atoms with Crippen molar-refractivity contribution in [1.29, 1.82) is 0 Å². The lowest BCUT2D eigenvalue weighted by Gasteiger charge is -2.10. The number of nitrogens with zero attached hydrogens (tertiary/aromatic N) is 1. The van der Waals surface area contributed by atoms with E-state index < -0.39 is 35.7 Å². The number of nitrogen functional groups attached to an aromatic ring is 1. The third-order valence-corrected chi connectivity index (χ3v) is 3.95. The number of carbonyl (C=O) groups is 3. The zero-order valence-corrected chi connectivity index (χ0v) is 18.0. The van der Waals surface area contributed by atoms with E-state index in [4.69, 9.17) is 20.4 Å². The second kappa shape index (κ2) is 12.1. The summed E-state index contributed by atoms with van der Waals surface area (Å²) in [6.07, 6.45) is -3.76. The number of imide groups is 1. The number of nitrogens with two attached hydrogens (primary N) is 1. The van der Waals surface area contributed by atoms with Gasteiger partial charge < -0.3 is 20.9 Å². The Morgan fingerprint density at radius 1 is 0.972 bits per heavy atom. The fourth-order valence-electron chi connectivity index (χ4n) is 2.40. The average molecular weight is 512 g/mol. The van der Waals surface area contributed by atoms with Gasteiger partial charge in [0.25, 0.3) is 0 Å². The number of carboxylic acids is 1. The maximum Gasteiger partial charge on any atom is 0.490 e. The molecule has 36 heavy (non-hydrogen) atoms. The molecule has 0 saturated carbocycles. The van der Waals surface area contributed by atoms with Crippen molar-refractivity contribution in [2.75, 3.05) is 11.1 Å². The van der Waals surface area contributed by atoms with Crippen LogP contribution < -0.4 is 21.1 Å². The number of amides is 3. The monoisotopic (exact) mass is 512 g/mol. The van der Waals surface area contributed by atoms with E-state index in [1.54, 1.807) is 6.07 Å². The van der Waals surface area contributed by atoms with Gasteiger partial charge >= 0.3 is 18.2 Å². The van der Waals surface area contributed by atoms with Crippen molar-refractivity contribution in [2.45, 2.75) is 12.6 Å². The van der Waals surface area contributed by atoms with Gasteiger partial charge in [0.1, 0.15) is 29.0 Å². The predicted octanol–water partition coefficient (Wildman–Crippen LogP) is 4.26. The smallest absolute Gasteiger partial charge is 0.475 e. The Kier molecular flexibility index (Phi) is 9.24. The summed E-state index contributed by atoms with van der Waals surface area (Å²) < 4.78 is 64.3. The molecule has 3 rings (SSSR count). The number of hydrogen-bond acceptors (Lipinski definition) is 6. The van der Waals surface area contributed by atoms with Crippen LogP contribution >= 0.6 is 0 Å². The third kappa shape index (κ3) is 9.24. The standard InChI is InChI=1S/C20H16F2N4O3.C2HF3O2/c21-13-3-1-12(2-4-13)9-19(27)26-20(28)25-17-6-5-14(10-16(17)22)29-15-7-8-24-18(23)11-15;3-2(4,5)1(6)7/h1-8,10-11H,9H2,(H2,23,24)(H2,25,26,27,28);(H,6,7). The Labute approximate surface area is 199 Å². The number of aliphatic carboxylic acids is 1. The molecule has 1 aromatic heterocycles. The molecule has 0 atom stereocenters. The third-order valence-electron chi connectivity index (χ3n) is 3.95. The zero-order chi connectivity index (χ0) is 26.9. The van der Waals surface area contributed by atoms with E-state index in [2.05, 4.69) is 15.6 Å². The van der Waals surface area contributed by atoms with Gasteiger partial charge in [0.2, 0.25) is 5.91 Å². The number of halogens is 5. The fraction of sp³-hybridized carbons (Fsp3) is 0.0909. The number of urea groups is 1. The van der Waals surface area contributed by atoms with Crippen molar-refractivity contribution in [2.24, 2.45) is 0 Å². The zero-order valence-electron chi connectivity index (χ0n) is 18.0. The Morgan fingerprint density at radius 2 is 1.58 bits per heavy atom. The largest absolute Gasteiger partial charge is 0.490 e. The molecular formula is C22H17F5N4O5. The minimum absolute atomic E-state index is 0.127. The molecule has 0 bridgehead atoms. The lowest BCUT2D eigenvalue weighted by Crippen LogP contribution is -2.35. The van der Waals surface area contributed by atoms with Crippen LogP contribution in [-0.2, 0) is 16.0 Å². The molecule has 5 N–H and O–H groups in total. The first kappa shape index (κ1) is 27.5. The highest BCUT2D eigenvalue weighted by molar-refractivity contribution is 6.01. The quantitative estimate of drug-likeness (QED) is 0.374. The topological polar surface area (TPSA) is 144 Å². The van der Waals surface area contributed by atoms with E-state index in [0.29, 0.717) is 11.3 Å². The summed E-state index contributed by atoms with van der Waals surface area (Å²) in [5.74, 6) is -3.75. The first-order valence-electron chi connectivity index (χ1n) is 9.68.